The first-order valence-corrected chi connectivity index (χ1v) is 8.07. The summed E-state index contributed by atoms with van der Waals surface area (Å²) in [6, 6.07) is 12.9. The van der Waals surface area contributed by atoms with Gasteiger partial charge in [0.25, 0.3) is 5.91 Å². The van der Waals surface area contributed by atoms with E-state index in [9.17, 15) is 14.9 Å². The first-order valence-electron chi connectivity index (χ1n) is 8.07. The Morgan fingerprint density at radius 1 is 1.24 bits per heavy atom. The Bertz CT molecular complexity index is 721. The monoisotopic (exact) mass is 343 g/mol. The number of pyridine rings is 1. The zero-order valence-electron chi connectivity index (χ0n) is 14.2. The molecule has 1 aromatic carbocycles. The number of nitrogens with one attached hydrogen (secondary N) is 1. The van der Waals surface area contributed by atoms with Crippen molar-refractivity contribution in [2.24, 2.45) is 0 Å². The standard InChI is InChI=1S/C18H21N3O4/c1-13(10-11-15-7-4-3-5-8-15)20-18(22)14(2)25-16-9-6-12-19-17(16)21(23)24/h3-9,12-14H,10-11H2,1-2H3,(H,20,22)/t13-,14+/m0/s1. The molecule has 25 heavy (non-hydrogen) atoms. The zero-order valence-corrected chi connectivity index (χ0v) is 14.2. The summed E-state index contributed by atoms with van der Waals surface area (Å²) in [5.74, 6) is -0.745. The van der Waals surface area contributed by atoms with E-state index in [1.807, 2.05) is 37.3 Å². The summed E-state index contributed by atoms with van der Waals surface area (Å²) in [6.45, 7) is 3.47. The molecule has 0 radical (unpaired) electrons. The van der Waals surface area contributed by atoms with Gasteiger partial charge in [0.1, 0.15) is 6.20 Å². The molecule has 2 atom stereocenters. The van der Waals surface area contributed by atoms with Crippen molar-refractivity contribution in [3.05, 3.63) is 64.3 Å². The van der Waals surface area contributed by atoms with Crippen LogP contribution in [0.4, 0.5) is 5.82 Å². The van der Waals surface area contributed by atoms with Crippen molar-refractivity contribution >= 4 is 11.7 Å². The van der Waals surface area contributed by atoms with Crippen molar-refractivity contribution in [2.75, 3.05) is 0 Å². The van der Waals surface area contributed by atoms with Crippen molar-refractivity contribution in [1.82, 2.24) is 10.3 Å². The molecular weight excluding hydrogens is 322 g/mol. The molecule has 0 aliphatic heterocycles. The number of carbonyl (C=O) groups is 1. The molecule has 132 valence electrons. The second-order valence-electron chi connectivity index (χ2n) is 5.78. The number of nitro groups is 1. The van der Waals surface area contributed by atoms with Crippen molar-refractivity contribution in [3.63, 3.8) is 0 Å². The van der Waals surface area contributed by atoms with Crippen LogP contribution >= 0.6 is 0 Å². The van der Waals surface area contributed by atoms with Crippen LogP contribution in [0.5, 0.6) is 5.75 Å². The fourth-order valence-corrected chi connectivity index (χ4v) is 2.32. The van der Waals surface area contributed by atoms with Gasteiger partial charge in [0, 0.05) is 6.04 Å². The fraction of sp³-hybridized carbons (Fsp3) is 0.333. The van der Waals surface area contributed by atoms with E-state index in [1.165, 1.54) is 23.9 Å². The first kappa shape index (κ1) is 18.4. The third-order valence-corrected chi connectivity index (χ3v) is 3.69. The van der Waals surface area contributed by atoms with Gasteiger partial charge in [0.05, 0.1) is 0 Å². The lowest BCUT2D eigenvalue weighted by Crippen LogP contribution is -2.41. The van der Waals surface area contributed by atoms with Gasteiger partial charge in [-0.15, -0.1) is 0 Å². The summed E-state index contributed by atoms with van der Waals surface area (Å²) in [5, 5.41) is 13.8. The van der Waals surface area contributed by atoms with Gasteiger partial charge in [-0.3, -0.25) is 4.79 Å². The molecule has 0 fully saturated rings. The van der Waals surface area contributed by atoms with Gasteiger partial charge >= 0.3 is 5.82 Å². The van der Waals surface area contributed by atoms with Crippen molar-refractivity contribution in [3.8, 4) is 5.75 Å². The van der Waals surface area contributed by atoms with Crippen LogP contribution in [0.1, 0.15) is 25.8 Å². The molecule has 0 saturated heterocycles. The normalized spacial score (nSPS) is 12.9. The van der Waals surface area contributed by atoms with Crippen LogP contribution in [0, 0.1) is 10.1 Å². The SMILES string of the molecule is C[C@@H](CCc1ccccc1)NC(=O)[C@@H](C)Oc1cccnc1[N+](=O)[O-]. The topological polar surface area (TPSA) is 94.4 Å². The molecule has 1 aromatic heterocycles. The number of nitrogens with zero attached hydrogens (tertiary/aromatic N) is 2. The lowest BCUT2D eigenvalue weighted by molar-refractivity contribution is -0.390. The molecule has 0 bridgehead atoms. The van der Waals surface area contributed by atoms with E-state index >= 15 is 0 Å². The van der Waals surface area contributed by atoms with Gasteiger partial charge in [0.15, 0.2) is 6.10 Å². The van der Waals surface area contributed by atoms with E-state index in [0.717, 1.165) is 12.8 Å². The van der Waals surface area contributed by atoms with Crippen molar-refractivity contribution in [2.45, 2.75) is 38.8 Å². The minimum absolute atomic E-state index is 0.0212. The number of carbonyl (C=O) groups excluding carboxylic acids is 1. The van der Waals surface area contributed by atoms with Crippen LogP contribution in [0.25, 0.3) is 0 Å². The molecule has 7 nitrogen and oxygen atoms in total. The molecule has 0 aliphatic carbocycles. The summed E-state index contributed by atoms with van der Waals surface area (Å²) in [7, 11) is 0. The number of benzene rings is 1. The highest BCUT2D eigenvalue weighted by molar-refractivity contribution is 5.81. The zero-order chi connectivity index (χ0) is 18.2. The predicted octanol–water partition coefficient (Wildman–Crippen LogP) is 2.89. The van der Waals surface area contributed by atoms with E-state index in [1.54, 1.807) is 6.92 Å². The molecule has 0 unspecified atom stereocenters. The number of aryl methyl sites for hydroxylation is 1. The number of hydrogen-bond donors (Lipinski definition) is 1. The minimum atomic E-state index is -0.859. The average molecular weight is 343 g/mol. The van der Waals surface area contributed by atoms with Crippen LogP contribution in [-0.4, -0.2) is 28.0 Å². The van der Waals surface area contributed by atoms with Gasteiger partial charge in [-0.2, -0.15) is 0 Å². The molecular formula is C18H21N3O4. The number of hydrogen-bond acceptors (Lipinski definition) is 5. The van der Waals surface area contributed by atoms with Gasteiger partial charge in [-0.25, -0.2) is 0 Å². The molecule has 1 heterocycles. The summed E-state index contributed by atoms with van der Waals surface area (Å²) < 4.78 is 5.42. The Hall–Kier alpha value is -2.96. The van der Waals surface area contributed by atoms with Gasteiger partial charge in [0.2, 0.25) is 5.75 Å². The Morgan fingerprint density at radius 3 is 2.64 bits per heavy atom. The van der Waals surface area contributed by atoms with Crippen LogP contribution < -0.4 is 10.1 Å². The van der Waals surface area contributed by atoms with Gasteiger partial charge < -0.3 is 20.2 Å². The molecule has 1 N–H and O–H groups in total. The highest BCUT2D eigenvalue weighted by Gasteiger charge is 2.22. The van der Waals surface area contributed by atoms with Crippen LogP contribution in [0.2, 0.25) is 0 Å². The van der Waals surface area contributed by atoms with Crippen molar-refractivity contribution in [1.29, 1.82) is 0 Å². The maximum atomic E-state index is 12.2. The lowest BCUT2D eigenvalue weighted by atomic mass is 10.1. The molecule has 2 rings (SSSR count). The predicted molar refractivity (Wildman–Crippen MR) is 93.3 cm³/mol. The second-order valence-corrected chi connectivity index (χ2v) is 5.78. The Morgan fingerprint density at radius 2 is 1.96 bits per heavy atom. The minimum Gasteiger partial charge on any atom is -0.473 e. The van der Waals surface area contributed by atoms with Crippen LogP contribution in [-0.2, 0) is 11.2 Å². The summed E-state index contributed by atoms with van der Waals surface area (Å²) in [5.41, 5.74) is 1.21. The maximum Gasteiger partial charge on any atom is 0.406 e. The molecule has 0 spiro atoms. The average Bonchev–Trinajstić information content (AvgIpc) is 2.61. The van der Waals surface area contributed by atoms with E-state index < -0.39 is 16.8 Å². The van der Waals surface area contributed by atoms with Gasteiger partial charge in [-0.1, -0.05) is 30.3 Å². The van der Waals surface area contributed by atoms with E-state index in [4.69, 9.17) is 4.74 Å². The van der Waals surface area contributed by atoms with E-state index in [-0.39, 0.29) is 17.7 Å². The maximum absolute atomic E-state index is 12.2. The molecule has 2 aromatic rings. The first-order chi connectivity index (χ1) is 12.0. The fourth-order valence-electron chi connectivity index (χ4n) is 2.32. The lowest BCUT2D eigenvalue weighted by Gasteiger charge is -2.18. The highest BCUT2D eigenvalue weighted by atomic mass is 16.6. The molecule has 0 aliphatic rings. The highest BCUT2D eigenvalue weighted by Crippen LogP contribution is 2.24. The van der Waals surface area contributed by atoms with Crippen LogP contribution in [0.3, 0.4) is 0 Å². The summed E-state index contributed by atoms with van der Waals surface area (Å²) in [4.78, 5) is 26.2. The molecule has 1 amide bonds. The number of ether oxygens (including phenoxy) is 1. The number of aromatic nitrogens is 1. The number of rotatable bonds is 8. The summed E-state index contributed by atoms with van der Waals surface area (Å²) >= 11 is 0. The van der Waals surface area contributed by atoms with Crippen molar-refractivity contribution < 1.29 is 14.5 Å². The van der Waals surface area contributed by atoms with Crippen LogP contribution in [0.15, 0.2) is 48.7 Å². The summed E-state index contributed by atoms with van der Waals surface area (Å²) in [6.07, 6.45) is 2.09. The third kappa shape index (κ3) is 5.56. The smallest absolute Gasteiger partial charge is 0.406 e. The van der Waals surface area contributed by atoms with E-state index in [2.05, 4.69) is 10.3 Å². The number of amides is 1. The largest absolute Gasteiger partial charge is 0.473 e. The third-order valence-electron chi connectivity index (χ3n) is 3.69. The Balaban J connectivity index is 1.86. The molecule has 7 heteroatoms. The Labute approximate surface area is 146 Å². The second kappa shape index (κ2) is 8.77. The quantitative estimate of drug-likeness (QED) is 0.587. The van der Waals surface area contributed by atoms with E-state index in [0.29, 0.717) is 0 Å². The molecule has 0 saturated carbocycles. The van der Waals surface area contributed by atoms with Gasteiger partial charge in [-0.05, 0) is 54.3 Å². The Kier molecular flexibility index (Phi) is 6.45.